The summed E-state index contributed by atoms with van der Waals surface area (Å²) >= 11 is 1.44. The Balaban J connectivity index is 2.64. The monoisotopic (exact) mass is 179 g/mol. The van der Waals surface area contributed by atoms with E-state index < -0.39 is 0 Å². The molecule has 0 fully saturated rings. The van der Waals surface area contributed by atoms with Crippen LogP contribution in [0.4, 0.5) is 10.1 Å². The summed E-state index contributed by atoms with van der Waals surface area (Å²) in [6.45, 7) is 1.73. The molecular formula is C9H6FNS. The molecule has 1 aliphatic rings. The van der Waals surface area contributed by atoms with Crippen molar-refractivity contribution in [2.45, 2.75) is 11.8 Å². The first-order valence-corrected chi connectivity index (χ1v) is 4.40. The lowest BCUT2D eigenvalue weighted by Gasteiger charge is -2.05. The van der Waals surface area contributed by atoms with Crippen LogP contribution in [0.2, 0.25) is 0 Å². The van der Waals surface area contributed by atoms with Gasteiger partial charge in [0.05, 0.1) is 5.69 Å². The molecule has 60 valence electrons. The van der Waals surface area contributed by atoms with E-state index >= 15 is 0 Å². The number of halogens is 1. The van der Waals surface area contributed by atoms with Gasteiger partial charge in [-0.2, -0.15) is 0 Å². The number of nitrogens with zero attached hydrogens (tertiary/aromatic N) is 1. The first kappa shape index (κ1) is 7.59. The number of fused-ring (bicyclic) bond motifs is 1. The van der Waals surface area contributed by atoms with E-state index in [4.69, 9.17) is 0 Å². The summed E-state index contributed by atoms with van der Waals surface area (Å²) in [5.74, 6) is 2.55. The van der Waals surface area contributed by atoms with Crippen molar-refractivity contribution in [1.82, 2.24) is 0 Å². The maximum atomic E-state index is 13.0. The highest BCUT2D eigenvalue weighted by Crippen LogP contribution is 2.33. The molecule has 0 aromatic heterocycles. The van der Waals surface area contributed by atoms with Gasteiger partial charge in [-0.3, -0.25) is 0 Å². The van der Waals surface area contributed by atoms with Crippen LogP contribution in [0.3, 0.4) is 0 Å². The largest absolute Gasteiger partial charge is 0.207 e. The number of aryl methyl sites for hydroxylation is 1. The van der Waals surface area contributed by atoms with Gasteiger partial charge in [0.2, 0.25) is 0 Å². The Kier molecular flexibility index (Phi) is 1.75. The lowest BCUT2D eigenvalue weighted by molar-refractivity contribution is 0.615. The molecule has 0 saturated heterocycles. The van der Waals surface area contributed by atoms with Crippen LogP contribution in [-0.2, 0) is 0 Å². The molecular weight excluding hydrogens is 173 g/mol. The first-order valence-electron chi connectivity index (χ1n) is 3.52. The minimum Gasteiger partial charge on any atom is -0.207 e. The van der Waals surface area contributed by atoms with Crippen LogP contribution in [0.25, 0.3) is 0 Å². The Morgan fingerprint density at radius 2 is 2.33 bits per heavy atom. The molecule has 1 heterocycles. The summed E-state index contributed by atoms with van der Waals surface area (Å²) in [7, 11) is 0. The third-order valence-corrected chi connectivity index (χ3v) is 2.47. The molecule has 2 rings (SSSR count). The summed E-state index contributed by atoms with van der Waals surface area (Å²) < 4.78 is 13.0. The summed E-state index contributed by atoms with van der Waals surface area (Å²) in [6, 6.07) is 3.24. The van der Waals surface area contributed by atoms with Crippen LogP contribution in [0, 0.1) is 12.7 Å². The summed E-state index contributed by atoms with van der Waals surface area (Å²) in [5.41, 5.74) is 1.43. The highest BCUT2D eigenvalue weighted by atomic mass is 32.2. The molecule has 3 heteroatoms. The zero-order valence-electron chi connectivity index (χ0n) is 6.47. The molecule has 0 unspecified atom stereocenters. The number of hydrogen-bond acceptors (Lipinski definition) is 2. The summed E-state index contributed by atoms with van der Waals surface area (Å²) in [4.78, 5) is 4.86. The van der Waals surface area contributed by atoms with E-state index in [9.17, 15) is 4.39 Å². The normalized spacial score (nSPS) is 13.2. The Bertz CT molecular complexity index is 392. The van der Waals surface area contributed by atoms with E-state index in [1.807, 2.05) is 0 Å². The molecule has 0 bridgehead atoms. The smallest absolute Gasteiger partial charge is 0.127 e. The Morgan fingerprint density at radius 1 is 1.50 bits per heavy atom. The molecule has 0 N–H and O–H groups in total. The fourth-order valence-electron chi connectivity index (χ4n) is 1.02. The number of thioether (sulfide) groups is 1. The second-order valence-electron chi connectivity index (χ2n) is 2.55. The van der Waals surface area contributed by atoms with Crippen molar-refractivity contribution < 1.29 is 4.39 Å². The average molecular weight is 179 g/mol. The molecule has 0 amide bonds. The van der Waals surface area contributed by atoms with Gasteiger partial charge in [0.25, 0.3) is 0 Å². The lowest BCUT2D eigenvalue weighted by Crippen LogP contribution is -1.85. The zero-order chi connectivity index (χ0) is 8.55. The van der Waals surface area contributed by atoms with Crippen LogP contribution >= 0.6 is 11.8 Å². The van der Waals surface area contributed by atoms with Gasteiger partial charge in [-0.05, 0) is 30.5 Å². The lowest BCUT2D eigenvalue weighted by atomic mass is 10.2. The number of hydrogen-bond donors (Lipinski definition) is 0. The van der Waals surface area contributed by atoms with Crippen molar-refractivity contribution in [3.63, 3.8) is 0 Å². The van der Waals surface area contributed by atoms with Crippen molar-refractivity contribution in [3.05, 3.63) is 28.9 Å². The van der Waals surface area contributed by atoms with Crippen LogP contribution in [0.5, 0.6) is 0 Å². The van der Waals surface area contributed by atoms with Gasteiger partial charge in [0.15, 0.2) is 0 Å². The fraction of sp³-hybridized carbons (Fsp3) is 0.111. The zero-order valence-corrected chi connectivity index (χ0v) is 7.28. The molecule has 12 heavy (non-hydrogen) atoms. The number of rotatable bonds is 0. The van der Waals surface area contributed by atoms with Crippen LogP contribution in [0.15, 0.2) is 27.4 Å². The Morgan fingerprint density at radius 3 is 3.17 bits per heavy atom. The quantitative estimate of drug-likeness (QED) is 0.596. The molecule has 0 spiro atoms. The summed E-state index contributed by atoms with van der Waals surface area (Å²) in [6.07, 6.45) is 0. The van der Waals surface area contributed by atoms with E-state index in [-0.39, 0.29) is 5.82 Å². The summed E-state index contributed by atoms with van der Waals surface area (Å²) in [5, 5.41) is 1.72. The van der Waals surface area contributed by atoms with Gasteiger partial charge in [-0.1, -0.05) is 11.8 Å². The maximum Gasteiger partial charge on any atom is 0.127 e. The van der Waals surface area contributed by atoms with Gasteiger partial charge in [0.1, 0.15) is 5.82 Å². The standard InChI is InChI=1S/C9H6FNS/c1-6-4-8-9(5-7(6)10)12-3-2-11-8/h3-5H,1H3. The molecule has 0 saturated carbocycles. The van der Waals surface area contributed by atoms with Crippen molar-refractivity contribution >= 4 is 23.3 Å². The molecule has 1 nitrogen and oxygen atoms in total. The Hall–Kier alpha value is -1.05. The van der Waals surface area contributed by atoms with E-state index in [2.05, 4.69) is 10.9 Å². The Labute approximate surface area is 74.0 Å². The molecule has 0 atom stereocenters. The second-order valence-corrected chi connectivity index (χ2v) is 3.46. The van der Waals surface area contributed by atoms with Gasteiger partial charge < -0.3 is 0 Å². The third kappa shape index (κ3) is 1.17. The van der Waals surface area contributed by atoms with Gasteiger partial charge in [-0.15, -0.1) is 0 Å². The van der Waals surface area contributed by atoms with Crippen molar-refractivity contribution in [2.75, 3.05) is 0 Å². The van der Waals surface area contributed by atoms with E-state index in [1.54, 1.807) is 18.4 Å². The van der Waals surface area contributed by atoms with E-state index in [0.29, 0.717) is 5.56 Å². The number of aliphatic imine (C=N–C) groups is 1. The predicted molar refractivity (Wildman–Crippen MR) is 48.7 cm³/mol. The van der Waals surface area contributed by atoms with Gasteiger partial charge in [0, 0.05) is 10.3 Å². The van der Waals surface area contributed by atoms with Crippen LogP contribution < -0.4 is 0 Å². The molecule has 1 aromatic carbocycles. The fourth-order valence-corrected chi connectivity index (χ4v) is 1.64. The molecule has 0 radical (unpaired) electrons. The first-order chi connectivity index (χ1) is 5.77. The highest BCUT2D eigenvalue weighted by Gasteiger charge is 2.07. The van der Waals surface area contributed by atoms with Crippen molar-refractivity contribution in [1.29, 1.82) is 0 Å². The van der Waals surface area contributed by atoms with Gasteiger partial charge in [-0.25, -0.2) is 9.38 Å². The minimum atomic E-state index is -0.174. The van der Waals surface area contributed by atoms with Crippen molar-refractivity contribution in [3.8, 4) is 0 Å². The van der Waals surface area contributed by atoms with E-state index in [1.165, 1.54) is 17.8 Å². The molecule has 0 aliphatic carbocycles. The minimum absolute atomic E-state index is 0.174. The molecule has 1 aliphatic heterocycles. The maximum absolute atomic E-state index is 13.0. The molecule has 1 aromatic rings. The average Bonchev–Trinajstić information content (AvgIpc) is 2.07. The van der Waals surface area contributed by atoms with Crippen LogP contribution in [-0.4, -0.2) is 5.87 Å². The highest BCUT2D eigenvalue weighted by molar-refractivity contribution is 8.02. The number of benzene rings is 1. The second kappa shape index (κ2) is 2.77. The van der Waals surface area contributed by atoms with Crippen LogP contribution in [0.1, 0.15) is 5.56 Å². The third-order valence-electron chi connectivity index (χ3n) is 1.66. The topological polar surface area (TPSA) is 12.4 Å². The SMILES string of the molecule is Cc1cc2c(cc1F)SC=C=N2. The predicted octanol–water partition coefficient (Wildman–Crippen LogP) is 3.05. The van der Waals surface area contributed by atoms with E-state index in [0.717, 1.165) is 10.6 Å². The van der Waals surface area contributed by atoms with Crippen molar-refractivity contribution in [2.24, 2.45) is 4.99 Å². The van der Waals surface area contributed by atoms with Gasteiger partial charge >= 0.3 is 0 Å².